The smallest absolute Gasteiger partial charge is 0.338 e. The Labute approximate surface area is 113 Å². The van der Waals surface area contributed by atoms with Gasteiger partial charge in [-0.05, 0) is 18.2 Å². The van der Waals surface area contributed by atoms with Gasteiger partial charge in [-0.2, -0.15) is 10.2 Å². The normalized spacial score (nSPS) is 10.0. The van der Waals surface area contributed by atoms with E-state index in [4.69, 9.17) is 5.11 Å². The average Bonchev–Trinajstić information content (AvgIpc) is 2.45. The van der Waals surface area contributed by atoms with Gasteiger partial charge in [-0.1, -0.05) is 6.07 Å². The van der Waals surface area contributed by atoms with E-state index in [1.807, 2.05) is 0 Å². The summed E-state index contributed by atoms with van der Waals surface area (Å²) in [6, 6.07) is 7.21. The molecule has 20 heavy (non-hydrogen) atoms. The molecule has 8 heteroatoms. The molecule has 8 nitrogen and oxygen atoms in total. The van der Waals surface area contributed by atoms with E-state index in [0.29, 0.717) is 5.69 Å². The van der Waals surface area contributed by atoms with Crippen molar-refractivity contribution in [3.8, 4) is 0 Å². The van der Waals surface area contributed by atoms with Crippen molar-refractivity contribution < 1.29 is 14.8 Å². The van der Waals surface area contributed by atoms with E-state index in [1.165, 1.54) is 24.4 Å². The summed E-state index contributed by atoms with van der Waals surface area (Å²) in [5.41, 5.74) is 0.0366. The first-order chi connectivity index (χ1) is 9.59. The molecule has 0 unspecified atom stereocenters. The van der Waals surface area contributed by atoms with E-state index in [0.717, 1.165) is 0 Å². The number of anilines is 1. The Balaban J connectivity index is 2.33. The number of nitro benzene ring substituents is 1. The van der Waals surface area contributed by atoms with E-state index in [-0.39, 0.29) is 23.5 Å². The average molecular weight is 274 g/mol. The second kappa shape index (κ2) is 5.74. The van der Waals surface area contributed by atoms with Gasteiger partial charge in [0, 0.05) is 12.3 Å². The number of aromatic carboxylic acids is 1. The lowest BCUT2D eigenvalue weighted by Gasteiger charge is -2.09. The number of rotatable bonds is 5. The summed E-state index contributed by atoms with van der Waals surface area (Å²) in [5.74, 6) is -1.24. The van der Waals surface area contributed by atoms with Gasteiger partial charge < -0.3 is 10.4 Å². The summed E-state index contributed by atoms with van der Waals surface area (Å²) < 4.78 is 0. The first kappa shape index (κ1) is 13.4. The number of hydrogen-bond acceptors (Lipinski definition) is 6. The highest BCUT2D eigenvalue weighted by Gasteiger charge is 2.21. The molecule has 1 heterocycles. The molecule has 1 aromatic heterocycles. The molecule has 0 saturated carbocycles. The third-order valence-corrected chi connectivity index (χ3v) is 2.54. The second-order valence-electron chi connectivity index (χ2n) is 3.83. The number of nitro groups is 1. The lowest BCUT2D eigenvalue weighted by Crippen LogP contribution is -2.10. The van der Waals surface area contributed by atoms with Crippen molar-refractivity contribution in [3.63, 3.8) is 0 Å². The summed E-state index contributed by atoms with van der Waals surface area (Å²) in [5, 5.41) is 30.3. The molecule has 0 aliphatic heterocycles. The molecular weight excluding hydrogens is 264 g/mol. The number of carbonyl (C=O) groups is 1. The fourth-order valence-electron chi connectivity index (χ4n) is 1.66. The predicted octanol–water partition coefficient (Wildman–Crippen LogP) is 1.70. The molecule has 2 rings (SSSR count). The van der Waals surface area contributed by atoms with Crippen LogP contribution >= 0.6 is 0 Å². The minimum Gasteiger partial charge on any atom is -0.478 e. The Morgan fingerprint density at radius 2 is 2.15 bits per heavy atom. The Hall–Kier alpha value is -3.03. The van der Waals surface area contributed by atoms with Crippen molar-refractivity contribution in [2.24, 2.45) is 0 Å². The molecule has 0 aliphatic rings. The Bertz CT molecular complexity index is 613. The zero-order valence-electron chi connectivity index (χ0n) is 10.2. The number of benzene rings is 1. The molecule has 0 radical (unpaired) electrons. The van der Waals surface area contributed by atoms with Crippen LogP contribution in [0.3, 0.4) is 0 Å². The van der Waals surface area contributed by atoms with Crippen LogP contribution in [0.15, 0.2) is 36.5 Å². The zero-order chi connectivity index (χ0) is 14.5. The Kier molecular flexibility index (Phi) is 3.85. The van der Waals surface area contributed by atoms with Gasteiger partial charge in [-0.3, -0.25) is 10.1 Å². The fourth-order valence-corrected chi connectivity index (χ4v) is 1.66. The van der Waals surface area contributed by atoms with E-state index < -0.39 is 10.9 Å². The topological polar surface area (TPSA) is 118 Å². The van der Waals surface area contributed by atoms with Crippen molar-refractivity contribution in [1.29, 1.82) is 0 Å². The van der Waals surface area contributed by atoms with Gasteiger partial charge in [-0.15, -0.1) is 0 Å². The van der Waals surface area contributed by atoms with Gasteiger partial charge in [0.2, 0.25) is 0 Å². The number of carboxylic acid groups (broad SMARTS) is 1. The minimum absolute atomic E-state index is 0.0457. The zero-order valence-corrected chi connectivity index (χ0v) is 10.2. The third kappa shape index (κ3) is 2.86. The van der Waals surface area contributed by atoms with Gasteiger partial charge in [-0.25, -0.2) is 4.79 Å². The monoisotopic (exact) mass is 274 g/mol. The van der Waals surface area contributed by atoms with E-state index in [1.54, 1.807) is 12.1 Å². The van der Waals surface area contributed by atoms with Crippen LogP contribution in [-0.4, -0.2) is 26.2 Å². The van der Waals surface area contributed by atoms with Crippen LogP contribution in [0.25, 0.3) is 0 Å². The van der Waals surface area contributed by atoms with Gasteiger partial charge in [0.1, 0.15) is 5.69 Å². The Morgan fingerprint density at radius 1 is 1.35 bits per heavy atom. The molecule has 2 N–H and O–H groups in total. The quantitative estimate of drug-likeness (QED) is 0.629. The molecule has 0 atom stereocenters. The molecule has 0 bridgehead atoms. The number of para-hydroxylation sites is 1. The maximum Gasteiger partial charge on any atom is 0.338 e. The predicted molar refractivity (Wildman–Crippen MR) is 69.4 cm³/mol. The van der Waals surface area contributed by atoms with Crippen molar-refractivity contribution >= 4 is 17.3 Å². The molecular formula is C12H10N4O4. The van der Waals surface area contributed by atoms with Crippen LogP contribution in [0, 0.1) is 10.1 Å². The molecule has 2 aromatic rings. The highest BCUT2D eigenvalue weighted by atomic mass is 16.6. The SMILES string of the molecule is O=C(O)c1cccc([N+](=O)[O-])c1NCc1cccnn1. The van der Waals surface area contributed by atoms with Crippen molar-refractivity contribution in [1.82, 2.24) is 10.2 Å². The van der Waals surface area contributed by atoms with Crippen LogP contribution in [-0.2, 0) is 6.54 Å². The highest BCUT2D eigenvalue weighted by Crippen LogP contribution is 2.28. The molecule has 0 amide bonds. The second-order valence-corrected chi connectivity index (χ2v) is 3.83. The summed E-state index contributed by atoms with van der Waals surface area (Å²) >= 11 is 0. The van der Waals surface area contributed by atoms with Crippen LogP contribution in [0.5, 0.6) is 0 Å². The lowest BCUT2D eigenvalue weighted by molar-refractivity contribution is -0.384. The van der Waals surface area contributed by atoms with Crippen LogP contribution in [0.2, 0.25) is 0 Å². The van der Waals surface area contributed by atoms with Crippen LogP contribution in [0.4, 0.5) is 11.4 Å². The lowest BCUT2D eigenvalue weighted by atomic mass is 10.1. The molecule has 102 valence electrons. The first-order valence-electron chi connectivity index (χ1n) is 5.60. The van der Waals surface area contributed by atoms with Crippen molar-refractivity contribution in [2.75, 3.05) is 5.32 Å². The third-order valence-electron chi connectivity index (χ3n) is 2.54. The number of carboxylic acids is 1. The molecule has 1 aromatic carbocycles. The maximum atomic E-state index is 11.1. The van der Waals surface area contributed by atoms with Gasteiger partial charge in [0.05, 0.1) is 22.7 Å². The standard InChI is InChI=1S/C12H10N4O4/c17-12(18)9-4-1-5-10(16(19)20)11(9)13-7-8-3-2-6-14-15-8/h1-6,13H,7H2,(H,17,18). The summed E-state index contributed by atoms with van der Waals surface area (Å²) in [6.45, 7) is 0.138. The highest BCUT2D eigenvalue weighted by molar-refractivity contribution is 5.96. The van der Waals surface area contributed by atoms with Crippen LogP contribution in [0.1, 0.15) is 16.1 Å². The number of nitrogens with one attached hydrogen (secondary N) is 1. The maximum absolute atomic E-state index is 11.1. The van der Waals surface area contributed by atoms with Crippen molar-refractivity contribution in [3.05, 3.63) is 57.9 Å². The van der Waals surface area contributed by atoms with E-state index >= 15 is 0 Å². The molecule has 0 aliphatic carbocycles. The number of hydrogen-bond donors (Lipinski definition) is 2. The van der Waals surface area contributed by atoms with Gasteiger partial charge in [0.15, 0.2) is 0 Å². The molecule has 0 saturated heterocycles. The van der Waals surface area contributed by atoms with Gasteiger partial charge in [0.25, 0.3) is 5.69 Å². The van der Waals surface area contributed by atoms with E-state index in [2.05, 4.69) is 15.5 Å². The van der Waals surface area contributed by atoms with E-state index in [9.17, 15) is 14.9 Å². The van der Waals surface area contributed by atoms with Crippen LogP contribution < -0.4 is 5.32 Å². The Morgan fingerprint density at radius 3 is 2.75 bits per heavy atom. The summed E-state index contributed by atoms with van der Waals surface area (Å²) in [4.78, 5) is 21.4. The summed E-state index contributed by atoms with van der Waals surface area (Å²) in [7, 11) is 0. The number of aromatic nitrogens is 2. The largest absolute Gasteiger partial charge is 0.478 e. The minimum atomic E-state index is -1.24. The molecule has 0 spiro atoms. The van der Waals surface area contributed by atoms with Crippen molar-refractivity contribution in [2.45, 2.75) is 6.54 Å². The fraction of sp³-hybridized carbons (Fsp3) is 0.0833. The number of nitrogens with zero attached hydrogens (tertiary/aromatic N) is 3. The first-order valence-corrected chi connectivity index (χ1v) is 5.60. The summed E-state index contributed by atoms with van der Waals surface area (Å²) in [6.07, 6.45) is 1.50. The molecule has 0 fully saturated rings. The van der Waals surface area contributed by atoms with Gasteiger partial charge >= 0.3 is 5.97 Å².